The number of rotatable bonds is 10. The van der Waals surface area contributed by atoms with Gasteiger partial charge in [0.1, 0.15) is 33.2 Å². The number of ether oxygens (including phenoxy) is 4. The van der Waals surface area contributed by atoms with Gasteiger partial charge in [0.05, 0.1) is 18.2 Å². The van der Waals surface area contributed by atoms with Gasteiger partial charge < -0.3 is 29.2 Å². The summed E-state index contributed by atoms with van der Waals surface area (Å²) in [6.07, 6.45) is 2.97. The number of carboxylic acids is 1. The van der Waals surface area contributed by atoms with Crippen LogP contribution in [0.15, 0.2) is 28.0 Å². The van der Waals surface area contributed by atoms with E-state index in [1.807, 2.05) is 6.92 Å². The van der Waals surface area contributed by atoms with Crippen molar-refractivity contribution in [2.24, 2.45) is 5.92 Å². The summed E-state index contributed by atoms with van der Waals surface area (Å²) in [5.41, 5.74) is 2.82. The second-order valence-corrected chi connectivity index (χ2v) is 13.9. The van der Waals surface area contributed by atoms with Crippen LogP contribution in [0.25, 0.3) is 0 Å². The molecule has 54 heavy (non-hydrogen) atoms. The van der Waals surface area contributed by atoms with Crippen molar-refractivity contribution < 1.29 is 57.5 Å². The van der Waals surface area contributed by atoms with Gasteiger partial charge in [0, 0.05) is 17.2 Å². The van der Waals surface area contributed by atoms with Gasteiger partial charge in [0.25, 0.3) is 0 Å². The molecule has 4 rings (SSSR count). The fourth-order valence-electron chi connectivity index (χ4n) is 6.94. The zero-order chi connectivity index (χ0) is 40.7. The van der Waals surface area contributed by atoms with Gasteiger partial charge in [-0.25, -0.2) is 18.8 Å². The minimum Gasteiger partial charge on any atom is -0.506 e. The van der Waals surface area contributed by atoms with E-state index in [1.165, 1.54) is 33.1 Å². The number of esters is 3. The van der Waals surface area contributed by atoms with Crippen LogP contribution in [0.2, 0.25) is 0 Å². The number of halogens is 2. The Morgan fingerprint density at radius 1 is 0.704 bits per heavy atom. The average molecular weight is 810 g/mol. The Bertz CT molecular complexity index is 2200. The molecule has 3 aromatic carbocycles. The molecule has 0 radical (unpaired) electrons. The van der Waals surface area contributed by atoms with Crippen LogP contribution in [0.3, 0.4) is 0 Å². The van der Waals surface area contributed by atoms with Crippen LogP contribution in [0.1, 0.15) is 102 Å². The molecule has 0 saturated carbocycles. The van der Waals surface area contributed by atoms with E-state index < -0.39 is 47.1 Å². The van der Waals surface area contributed by atoms with Gasteiger partial charge in [0.2, 0.25) is 0 Å². The first-order valence-corrected chi connectivity index (χ1v) is 17.9. The van der Waals surface area contributed by atoms with Crippen molar-refractivity contribution in [3.8, 4) is 23.0 Å². The Morgan fingerprint density at radius 2 is 1.20 bits per heavy atom. The van der Waals surface area contributed by atoms with Crippen LogP contribution in [-0.4, -0.2) is 47.0 Å². The zero-order valence-electron chi connectivity index (χ0n) is 32.0. The summed E-state index contributed by atoms with van der Waals surface area (Å²) < 4.78 is 38.6. The van der Waals surface area contributed by atoms with Crippen LogP contribution in [-0.2, 0) is 27.2 Å². The van der Waals surface area contributed by atoms with Gasteiger partial charge in [-0.2, -0.15) is 0 Å². The molecule has 0 fully saturated rings. The number of phenolic OH excluding ortho intramolecular Hbond substituents is 1. The third kappa shape index (κ3) is 7.16. The first-order chi connectivity index (χ1) is 25.2. The number of ketones is 1. The summed E-state index contributed by atoms with van der Waals surface area (Å²) in [6, 6.07) is 0. The van der Waals surface area contributed by atoms with Crippen LogP contribution >= 0.6 is 15.9 Å². The summed E-state index contributed by atoms with van der Waals surface area (Å²) >= 11 is 3.23. The molecule has 1 aliphatic carbocycles. The molecule has 3 aromatic rings. The molecule has 286 valence electrons. The average Bonchev–Trinajstić information content (AvgIpc) is 3.10. The van der Waals surface area contributed by atoms with Gasteiger partial charge in [-0.3, -0.25) is 9.59 Å². The standard InChI is InChI=1S/C41H42BrFO11/c1-12-25-21(8)29(38(46)47)17(4)19(6)35(25)52-40(49)30-22(9)26(13-2)37(33(43)23(30)10)54-41(50)31-18(5)20(7)36(32(42)34(31)45)53-39(48)28-16(3)14-24(44)15-27(28)51-11/h14-15,28,45H,12-13H2,1-11H3,(H,46,47). The second-order valence-electron chi connectivity index (χ2n) is 13.1. The molecule has 0 spiro atoms. The van der Waals surface area contributed by atoms with E-state index in [0.29, 0.717) is 39.8 Å². The number of methoxy groups -OCH3 is 1. The number of carboxylic acid groups (broad SMARTS) is 1. The first kappa shape index (κ1) is 41.5. The fraction of sp³-hybridized carbons (Fsp3) is 0.341. The van der Waals surface area contributed by atoms with E-state index in [-0.39, 0.29) is 72.9 Å². The van der Waals surface area contributed by atoms with E-state index in [2.05, 4.69) is 15.9 Å². The van der Waals surface area contributed by atoms with E-state index in [4.69, 9.17) is 18.9 Å². The largest absolute Gasteiger partial charge is 0.506 e. The molecule has 0 heterocycles. The van der Waals surface area contributed by atoms with E-state index in [9.17, 15) is 34.2 Å². The minimum atomic E-state index is -1.11. The molecule has 1 aliphatic rings. The van der Waals surface area contributed by atoms with E-state index in [1.54, 1.807) is 48.5 Å². The molecule has 1 unspecified atom stereocenters. The lowest BCUT2D eigenvalue weighted by molar-refractivity contribution is -0.137. The highest BCUT2D eigenvalue weighted by Crippen LogP contribution is 2.44. The van der Waals surface area contributed by atoms with Gasteiger partial charge in [-0.15, -0.1) is 0 Å². The molecule has 0 bridgehead atoms. The lowest BCUT2D eigenvalue weighted by Crippen LogP contribution is -2.28. The third-order valence-corrected chi connectivity index (χ3v) is 10.8. The maximum Gasteiger partial charge on any atom is 0.347 e. The normalized spacial score (nSPS) is 13.9. The van der Waals surface area contributed by atoms with Crippen molar-refractivity contribution >= 4 is 45.6 Å². The number of aromatic hydroxyl groups is 1. The van der Waals surface area contributed by atoms with Crippen molar-refractivity contribution in [1.29, 1.82) is 0 Å². The maximum absolute atomic E-state index is 16.3. The number of hydrogen-bond acceptors (Lipinski definition) is 10. The fourth-order valence-corrected chi connectivity index (χ4v) is 7.51. The number of aromatic carboxylic acids is 1. The predicted molar refractivity (Wildman–Crippen MR) is 200 cm³/mol. The van der Waals surface area contributed by atoms with Gasteiger partial charge in [-0.05, 0) is 135 Å². The Morgan fingerprint density at radius 3 is 1.76 bits per heavy atom. The number of carbonyl (C=O) groups excluding carboxylic acids is 4. The highest BCUT2D eigenvalue weighted by molar-refractivity contribution is 9.10. The summed E-state index contributed by atoms with van der Waals surface area (Å²) in [5, 5.41) is 21.0. The highest BCUT2D eigenvalue weighted by atomic mass is 79.9. The Balaban J connectivity index is 1.73. The van der Waals surface area contributed by atoms with E-state index >= 15 is 4.39 Å². The molecule has 0 aliphatic heterocycles. The smallest absolute Gasteiger partial charge is 0.347 e. The molecule has 2 N–H and O–H groups in total. The number of carbonyl (C=O) groups is 5. The molecular weight excluding hydrogens is 767 g/mol. The first-order valence-electron chi connectivity index (χ1n) is 17.1. The van der Waals surface area contributed by atoms with Crippen molar-refractivity contribution in [2.75, 3.05) is 7.11 Å². The van der Waals surface area contributed by atoms with Crippen LogP contribution in [0, 0.1) is 60.2 Å². The molecule has 11 nitrogen and oxygen atoms in total. The van der Waals surface area contributed by atoms with Crippen LogP contribution in [0.4, 0.5) is 4.39 Å². The predicted octanol–water partition coefficient (Wildman–Crippen LogP) is 8.30. The highest BCUT2D eigenvalue weighted by Gasteiger charge is 2.35. The lowest BCUT2D eigenvalue weighted by Gasteiger charge is -2.23. The topological polar surface area (TPSA) is 163 Å². The molecule has 0 aromatic heterocycles. The van der Waals surface area contributed by atoms with Gasteiger partial charge in [0.15, 0.2) is 23.1 Å². The maximum atomic E-state index is 16.3. The molecular formula is C41H42BrFO11. The van der Waals surface area contributed by atoms with Gasteiger partial charge >= 0.3 is 23.9 Å². The van der Waals surface area contributed by atoms with E-state index in [0.717, 1.165) is 0 Å². The lowest BCUT2D eigenvalue weighted by atomic mass is 9.91. The SMILES string of the molecule is CCc1c(C)c(C(=O)O)c(C)c(C)c1OC(=O)c1c(C)c(F)c(OC(=O)c2c(C)c(C)c(OC(=O)C3C(C)=CC(=O)C=C3OC)c(Br)c2O)c(CC)c1C. The second kappa shape index (κ2) is 16.0. The van der Waals surface area contributed by atoms with Crippen molar-refractivity contribution in [3.05, 3.63) is 101 Å². The van der Waals surface area contributed by atoms with Crippen molar-refractivity contribution in [2.45, 2.75) is 82.1 Å². The number of hydrogen-bond donors (Lipinski definition) is 2. The molecule has 0 saturated heterocycles. The van der Waals surface area contributed by atoms with Crippen molar-refractivity contribution in [3.63, 3.8) is 0 Å². The Labute approximate surface area is 320 Å². The number of phenols is 1. The van der Waals surface area contributed by atoms with Crippen LogP contribution < -0.4 is 14.2 Å². The van der Waals surface area contributed by atoms with Gasteiger partial charge in [-0.1, -0.05) is 13.8 Å². The zero-order valence-corrected chi connectivity index (χ0v) is 33.6. The Hall–Kier alpha value is -5.30. The molecule has 13 heteroatoms. The summed E-state index contributed by atoms with van der Waals surface area (Å²) in [5.74, 6) is -7.13. The van der Waals surface area contributed by atoms with Crippen LogP contribution in [0.5, 0.6) is 23.0 Å². The number of allylic oxidation sites excluding steroid dienone is 2. The van der Waals surface area contributed by atoms with Crippen molar-refractivity contribution in [1.82, 2.24) is 0 Å². The summed E-state index contributed by atoms with van der Waals surface area (Å²) in [7, 11) is 1.32. The molecule has 1 atom stereocenters. The molecule has 0 amide bonds. The summed E-state index contributed by atoms with van der Waals surface area (Å²) in [6.45, 7) is 16.0. The minimum absolute atomic E-state index is 0.0779. The Kier molecular flexibility index (Phi) is 12.3. The summed E-state index contributed by atoms with van der Waals surface area (Å²) in [4.78, 5) is 64.9. The number of benzene rings is 3. The quantitative estimate of drug-likeness (QED) is 0.150. The monoisotopic (exact) mass is 808 g/mol. The third-order valence-electron chi connectivity index (χ3n) is 10.1.